The molecule has 1 aromatic carbocycles. The highest BCUT2D eigenvalue weighted by Gasteiger charge is 2.43. The maximum atomic E-state index is 13.9. The molecule has 2 unspecified atom stereocenters. The third-order valence-corrected chi connectivity index (χ3v) is 5.86. The fourth-order valence-corrected chi connectivity index (χ4v) is 5.23. The van der Waals surface area contributed by atoms with Crippen LogP contribution < -0.4 is 0 Å². The number of rotatable bonds is 2. The highest BCUT2D eigenvalue weighted by molar-refractivity contribution is 8.00. The Morgan fingerprint density at radius 1 is 1.21 bits per heavy atom. The number of aryl methyl sites for hydroxylation is 1. The molecular formula is C15H18F2OS. The zero-order chi connectivity index (χ0) is 13.6. The summed E-state index contributed by atoms with van der Waals surface area (Å²) in [5, 5.41) is 11.7. The number of benzene rings is 1. The van der Waals surface area contributed by atoms with Gasteiger partial charge >= 0.3 is 0 Å². The van der Waals surface area contributed by atoms with Crippen LogP contribution in [0.5, 0.6) is 0 Å². The Bertz CT molecular complexity index is 491. The van der Waals surface area contributed by atoms with Crippen molar-refractivity contribution in [2.24, 2.45) is 0 Å². The SMILES string of the molecule is Cc1ccc(CC2(O)CC3CCC(C2)S3)c(F)c1F. The molecule has 1 aromatic rings. The van der Waals surface area contributed by atoms with E-state index in [9.17, 15) is 13.9 Å². The van der Waals surface area contributed by atoms with Crippen LogP contribution in [-0.4, -0.2) is 21.2 Å². The molecule has 0 radical (unpaired) electrons. The lowest BCUT2D eigenvalue weighted by Gasteiger charge is -2.36. The van der Waals surface area contributed by atoms with Crippen LogP contribution in [0.3, 0.4) is 0 Å². The topological polar surface area (TPSA) is 20.2 Å². The molecule has 2 saturated heterocycles. The van der Waals surface area contributed by atoms with Crippen LogP contribution in [0.2, 0.25) is 0 Å². The minimum atomic E-state index is -0.861. The second kappa shape index (κ2) is 4.74. The molecule has 19 heavy (non-hydrogen) atoms. The van der Waals surface area contributed by atoms with Crippen LogP contribution in [0, 0.1) is 18.6 Å². The van der Waals surface area contributed by atoms with Gasteiger partial charge in [0.25, 0.3) is 0 Å². The van der Waals surface area contributed by atoms with Gasteiger partial charge in [0, 0.05) is 16.9 Å². The Morgan fingerprint density at radius 2 is 1.84 bits per heavy atom. The van der Waals surface area contributed by atoms with Gasteiger partial charge in [-0.15, -0.1) is 0 Å². The molecule has 4 heteroatoms. The van der Waals surface area contributed by atoms with Crippen LogP contribution in [0.25, 0.3) is 0 Å². The van der Waals surface area contributed by atoms with Gasteiger partial charge in [0.2, 0.25) is 0 Å². The van der Waals surface area contributed by atoms with Crippen molar-refractivity contribution in [2.45, 2.75) is 55.1 Å². The Balaban J connectivity index is 1.83. The second-order valence-electron chi connectivity index (χ2n) is 5.94. The van der Waals surface area contributed by atoms with Crippen molar-refractivity contribution in [1.82, 2.24) is 0 Å². The number of fused-ring (bicyclic) bond motifs is 2. The van der Waals surface area contributed by atoms with Crippen molar-refractivity contribution in [2.75, 3.05) is 0 Å². The summed E-state index contributed by atoms with van der Waals surface area (Å²) in [6.07, 6.45) is 3.90. The van der Waals surface area contributed by atoms with Crippen LogP contribution in [0.15, 0.2) is 12.1 Å². The van der Waals surface area contributed by atoms with E-state index in [0.29, 0.717) is 34.5 Å². The molecule has 0 saturated carbocycles. The highest BCUT2D eigenvalue weighted by atomic mass is 32.2. The second-order valence-corrected chi connectivity index (χ2v) is 7.54. The molecular weight excluding hydrogens is 266 g/mol. The zero-order valence-corrected chi connectivity index (χ0v) is 11.8. The van der Waals surface area contributed by atoms with E-state index in [1.165, 1.54) is 0 Å². The monoisotopic (exact) mass is 284 g/mol. The van der Waals surface area contributed by atoms with E-state index in [2.05, 4.69) is 0 Å². The number of thioether (sulfide) groups is 1. The molecule has 2 aliphatic heterocycles. The minimum Gasteiger partial charge on any atom is -0.389 e. The quantitative estimate of drug-likeness (QED) is 0.895. The summed E-state index contributed by atoms with van der Waals surface area (Å²) in [5.41, 5.74) is -0.246. The Kier molecular flexibility index (Phi) is 3.34. The highest BCUT2D eigenvalue weighted by Crippen LogP contribution is 2.48. The first-order chi connectivity index (χ1) is 8.97. The van der Waals surface area contributed by atoms with Crippen LogP contribution >= 0.6 is 11.8 Å². The summed E-state index contributed by atoms with van der Waals surface area (Å²) in [4.78, 5) is 0. The number of halogens is 2. The Hall–Kier alpha value is -0.610. The summed E-state index contributed by atoms with van der Waals surface area (Å²) < 4.78 is 27.5. The lowest BCUT2D eigenvalue weighted by Crippen LogP contribution is -2.39. The molecule has 0 spiro atoms. The Labute approximate surface area is 116 Å². The van der Waals surface area contributed by atoms with Gasteiger partial charge in [-0.25, -0.2) is 8.78 Å². The third-order valence-electron chi connectivity index (χ3n) is 4.29. The molecule has 1 nitrogen and oxygen atoms in total. The molecule has 104 valence electrons. The first kappa shape index (κ1) is 13.4. The molecule has 2 fully saturated rings. The summed E-state index contributed by atoms with van der Waals surface area (Å²) in [5.74, 6) is -1.58. The summed E-state index contributed by atoms with van der Waals surface area (Å²) in [7, 11) is 0. The fraction of sp³-hybridized carbons (Fsp3) is 0.600. The molecule has 0 aromatic heterocycles. The fourth-order valence-electron chi connectivity index (χ4n) is 3.33. The van der Waals surface area contributed by atoms with E-state index in [0.717, 1.165) is 12.8 Å². The normalized spacial score (nSPS) is 33.7. The smallest absolute Gasteiger partial charge is 0.162 e. The van der Waals surface area contributed by atoms with Crippen molar-refractivity contribution in [3.05, 3.63) is 34.9 Å². The van der Waals surface area contributed by atoms with Gasteiger partial charge in [0.1, 0.15) is 0 Å². The maximum Gasteiger partial charge on any atom is 0.162 e. The summed E-state index contributed by atoms with van der Waals surface area (Å²) >= 11 is 1.95. The van der Waals surface area contributed by atoms with E-state index in [-0.39, 0.29) is 6.42 Å². The van der Waals surface area contributed by atoms with E-state index in [1.807, 2.05) is 11.8 Å². The summed E-state index contributed by atoms with van der Waals surface area (Å²) in [6.45, 7) is 1.55. The summed E-state index contributed by atoms with van der Waals surface area (Å²) in [6, 6.07) is 3.19. The Morgan fingerprint density at radius 3 is 2.47 bits per heavy atom. The predicted molar refractivity (Wildman–Crippen MR) is 73.4 cm³/mol. The molecule has 2 atom stereocenters. The van der Waals surface area contributed by atoms with Gasteiger partial charge in [0.05, 0.1) is 5.60 Å². The minimum absolute atomic E-state index is 0.226. The third kappa shape index (κ3) is 2.52. The lowest BCUT2D eigenvalue weighted by atomic mass is 9.86. The van der Waals surface area contributed by atoms with Crippen molar-refractivity contribution < 1.29 is 13.9 Å². The number of hydrogen-bond acceptors (Lipinski definition) is 2. The van der Waals surface area contributed by atoms with Crippen molar-refractivity contribution in [1.29, 1.82) is 0 Å². The first-order valence-corrected chi connectivity index (χ1v) is 7.72. The van der Waals surface area contributed by atoms with E-state index in [4.69, 9.17) is 0 Å². The van der Waals surface area contributed by atoms with Crippen LogP contribution in [-0.2, 0) is 6.42 Å². The van der Waals surface area contributed by atoms with E-state index in [1.54, 1.807) is 19.1 Å². The average Bonchev–Trinajstić information content (AvgIpc) is 2.70. The molecule has 2 aliphatic rings. The number of hydrogen-bond donors (Lipinski definition) is 1. The molecule has 0 amide bonds. The largest absolute Gasteiger partial charge is 0.389 e. The van der Waals surface area contributed by atoms with Crippen molar-refractivity contribution in [3.63, 3.8) is 0 Å². The molecule has 0 aliphatic carbocycles. The zero-order valence-electron chi connectivity index (χ0n) is 11.0. The van der Waals surface area contributed by atoms with Gasteiger partial charge in [-0.05, 0) is 43.7 Å². The molecule has 2 heterocycles. The van der Waals surface area contributed by atoms with Gasteiger partial charge in [-0.3, -0.25) is 0 Å². The average molecular weight is 284 g/mol. The van der Waals surface area contributed by atoms with Crippen molar-refractivity contribution in [3.8, 4) is 0 Å². The van der Waals surface area contributed by atoms with E-state index >= 15 is 0 Å². The molecule has 2 bridgehead atoms. The molecule has 1 N–H and O–H groups in total. The predicted octanol–water partition coefficient (Wildman–Crippen LogP) is 3.60. The number of aliphatic hydroxyl groups is 1. The van der Waals surface area contributed by atoms with Gasteiger partial charge in [-0.2, -0.15) is 11.8 Å². The lowest BCUT2D eigenvalue weighted by molar-refractivity contribution is 0.0233. The maximum absolute atomic E-state index is 13.9. The van der Waals surface area contributed by atoms with Gasteiger partial charge in [-0.1, -0.05) is 12.1 Å². The van der Waals surface area contributed by atoms with Crippen LogP contribution in [0.1, 0.15) is 36.8 Å². The van der Waals surface area contributed by atoms with Gasteiger partial charge < -0.3 is 5.11 Å². The first-order valence-electron chi connectivity index (χ1n) is 6.78. The molecule has 3 rings (SSSR count). The van der Waals surface area contributed by atoms with Crippen molar-refractivity contribution >= 4 is 11.8 Å². The standard InChI is InChI=1S/C15H18F2OS/c1-9-2-3-10(14(17)13(9)16)6-15(18)7-11-4-5-12(8-15)19-11/h2-3,11-12,18H,4-8H2,1H3. The van der Waals surface area contributed by atoms with Gasteiger partial charge in [0.15, 0.2) is 11.6 Å². The van der Waals surface area contributed by atoms with Crippen LogP contribution in [0.4, 0.5) is 8.78 Å². The van der Waals surface area contributed by atoms with E-state index < -0.39 is 17.2 Å².